The minimum Gasteiger partial charge on any atom is -0.370 e. The fraction of sp³-hybridized carbons (Fsp3) is 0.0625. The van der Waals surface area contributed by atoms with E-state index in [0.29, 0.717) is 22.2 Å². The van der Waals surface area contributed by atoms with E-state index in [9.17, 15) is 4.79 Å². The highest BCUT2D eigenvalue weighted by Crippen LogP contribution is 2.40. The number of carbonyl (C=O) groups excluding carboxylic acids is 1. The Kier molecular flexibility index (Phi) is 3.17. The van der Waals surface area contributed by atoms with Gasteiger partial charge in [-0.15, -0.1) is 0 Å². The van der Waals surface area contributed by atoms with E-state index in [1.807, 2.05) is 12.1 Å². The molecule has 0 fully saturated rings. The molecule has 0 aromatic heterocycles. The molecule has 2 aromatic rings. The van der Waals surface area contributed by atoms with Crippen LogP contribution in [-0.4, -0.2) is 17.8 Å². The molecule has 0 radical (unpaired) electrons. The molecular weight excluding hydrogens is 328 g/mol. The molecule has 120 valence electrons. The van der Waals surface area contributed by atoms with Crippen molar-refractivity contribution in [2.75, 3.05) is 10.6 Å². The number of amides is 1. The van der Waals surface area contributed by atoms with Gasteiger partial charge in [0.2, 0.25) is 5.96 Å². The Morgan fingerprint density at radius 1 is 1.04 bits per heavy atom. The Morgan fingerprint density at radius 3 is 2.58 bits per heavy atom. The number of benzene rings is 2. The normalized spacial score (nSPS) is 21.5. The van der Waals surface area contributed by atoms with Gasteiger partial charge in [-0.2, -0.15) is 0 Å². The van der Waals surface area contributed by atoms with Crippen molar-refractivity contribution in [3.05, 3.63) is 59.1 Å². The summed E-state index contributed by atoms with van der Waals surface area (Å²) in [5.74, 6) is 0.0912. The Balaban J connectivity index is 1.76. The van der Waals surface area contributed by atoms with Crippen molar-refractivity contribution < 1.29 is 4.79 Å². The van der Waals surface area contributed by atoms with Gasteiger partial charge >= 0.3 is 0 Å². The number of para-hydroxylation sites is 1. The summed E-state index contributed by atoms with van der Waals surface area (Å²) in [4.78, 5) is 21.3. The molecular formula is C16H13ClN6O. The Bertz CT molecular complexity index is 892. The topological polar surface area (TPSA) is 104 Å². The molecule has 2 aliphatic heterocycles. The van der Waals surface area contributed by atoms with Crippen molar-refractivity contribution in [2.24, 2.45) is 15.7 Å². The monoisotopic (exact) mass is 340 g/mol. The lowest BCUT2D eigenvalue weighted by molar-refractivity contribution is -0.120. The standard InChI is InChI=1S/C16H13ClN6O/c17-9-5-7-10(8-6-9)19-15-21-14(18)22-16(23-15)11-3-1-2-4-12(11)20-13(16)24/h1-8H,(H,20,24)(H4,18,19,21,22,23). The Morgan fingerprint density at radius 2 is 1.79 bits per heavy atom. The van der Waals surface area contributed by atoms with Gasteiger partial charge in [-0.25, -0.2) is 9.98 Å². The molecule has 1 unspecified atom stereocenters. The largest absolute Gasteiger partial charge is 0.370 e. The van der Waals surface area contributed by atoms with Crippen molar-refractivity contribution in [1.29, 1.82) is 0 Å². The third kappa shape index (κ3) is 2.26. The predicted octanol–water partition coefficient (Wildman–Crippen LogP) is 1.83. The first-order valence-electron chi connectivity index (χ1n) is 7.22. The van der Waals surface area contributed by atoms with E-state index in [-0.39, 0.29) is 11.9 Å². The molecule has 1 amide bonds. The number of nitrogens with two attached hydrogens (primary N) is 1. The first-order chi connectivity index (χ1) is 11.6. The smallest absolute Gasteiger partial charge is 0.280 e. The van der Waals surface area contributed by atoms with Gasteiger partial charge in [0, 0.05) is 22.0 Å². The molecule has 5 N–H and O–H groups in total. The number of hydrogen-bond donors (Lipinski definition) is 4. The number of nitrogens with one attached hydrogen (secondary N) is 3. The molecule has 8 heteroatoms. The SMILES string of the molecule is NC1=NC2(N=C(Nc3ccc(Cl)cc3)N1)C(=O)Nc1ccccc12. The van der Waals surface area contributed by atoms with Crippen LogP contribution in [0.2, 0.25) is 5.02 Å². The maximum atomic E-state index is 12.5. The molecule has 4 rings (SSSR count). The number of halogens is 1. The van der Waals surface area contributed by atoms with E-state index in [4.69, 9.17) is 17.3 Å². The second kappa shape index (κ2) is 5.24. The van der Waals surface area contributed by atoms with Crippen LogP contribution in [0.25, 0.3) is 0 Å². The van der Waals surface area contributed by atoms with Gasteiger partial charge in [-0.1, -0.05) is 29.8 Å². The van der Waals surface area contributed by atoms with Crippen LogP contribution in [0.15, 0.2) is 58.5 Å². The molecule has 2 aromatic carbocycles. The van der Waals surface area contributed by atoms with Crippen molar-refractivity contribution in [2.45, 2.75) is 5.66 Å². The summed E-state index contributed by atoms with van der Waals surface area (Å²) in [5, 5.41) is 9.33. The van der Waals surface area contributed by atoms with Crippen LogP contribution in [0.4, 0.5) is 11.4 Å². The van der Waals surface area contributed by atoms with Gasteiger partial charge in [-0.05, 0) is 30.3 Å². The van der Waals surface area contributed by atoms with Gasteiger partial charge in [0.25, 0.3) is 11.6 Å². The zero-order valence-corrected chi connectivity index (χ0v) is 13.1. The van der Waals surface area contributed by atoms with Crippen LogP contribution in [0.5, 0.6) is 0 Å². The second-order valence-electron chi connectivity index (χ2n) is 5.39. The Hall–Kier alpha value is -3.06. The van der Waals surface area contributed by atoms with Crippen molar-refractivity contribution >= 4 is 40.8 Å². The summed E-state index contributed by atoms with van der Waals surface area (Å²) in [7, 11) is 0. The maximum absolute atomic E-state index is 12.5. The molecule has 2 heterocycles. The van der Waals surface area contributed by atoms with Crippen LogP contribution in [0.1, 0.15) is 5.56 Å². The van der Waals surface area contributed by atoms with Crippen LogP contribution in [0.3, 0.4) is 0 Å². The summed E-state index contributed by atoms with van der Waals surface area (Å²) in [6, 6.07) is 14.4. The lowest BCUT2D eigenvalue weighted by Gasteiger charge is -2.26. The van der Waals surface area contributed by atoms with E-state index >= 15 is 0 Å². The van der Waals surface area contributed by atoms with Crippen molar-refractivity contribution in [1.82, 2.24) is 5.32 Å². The van der Waals surface area contributed by atoms with Crippen molar-refractivity contribution in [3.8, 4) is 0 Å². The van der Waals surface area contributed by atoms with E-state index in [2.05, 4.69) is 25.9 Å². The quantitative estimate of drug-likeness (QED) is 0.635. The number of rotatable bonds is 1. The van der Waals surface area contributed by atoms with Crippen molar-refractivity contribution in [3.63, 3.8) is 0 Å². The third-order valence-electron chi connectivity index (χ3n) is 3.78. The average Bonchev–Trinajstić information content (AvgIpc) is 2.81. The Labute approximate surface area is 142 Å². The van der Waals surface area contributed by atoms with Crippen LogP contribution in [-0.2, 0) is 10.5 Å². The minimum atomic E-state index is -1.42. The molecule has 0 bridgehead atoms. The average molecular weight is 341 g/mol. The van der Waals surface area contributed by atoms with E-state index in [1.54, 1.807) is 36.4 Å². The zero-order valence-electron chi connectivity index (χ0n) is 12.4. The zero-order chi connectivity index (χ0) is 16.7. The van der Waals surface area contributed by atoms with E-state index in [0.717, 1.165) is 5.69 Å². The fourth-order valence-electron chi connectivity index (χ4n) is 2.72. The first-order valence-corrected chi connectivity index (χ1v) is 7.60. The highest BCUT2D eigenvalue weighted by atomic mass is 35.5. The predicted molar refractivity (Wildman–Crippen MR) is 94.0 cm³/mol. The number of carbonyl (C=O) groups is 1. The molecule has 0 aliphatic carbocycles. The summed E-state index contributed by atoms with van der Waals surface area (Å²) in [6.45, 7) is 0. The molecule has 2 aliphatic rings. The lowest BCUT2D eigenvalue weighted by Crippen LogP contribution is -2.49. The van der Waals surface area contributed by atoms with Gasteiger partial charge < -0.3 is 16.4 Å². The molecule has 1 spiro atoms. The maximum Gasteiger partial charge on any atom is 0.280 e. The summed E-state index contributed by atoms with van der Waals surface area (Å²) in [5.41, 5.74) is 6.57. The second-order valence-corrected chi connectivity index (χ2v) is 5.82. The summed E-state index contributed by atoms with van der Waals surface area (Å²) in [6.07, 6.45) is 0. The van der Waals surface area contributed by atoms with E-state index < -0.39 is 5.66 Å². The number of aliphatic imine (C=N–C) groups is 2. The minimum absolute atomic E-state index is 0.105. The number of guanidine groups is 2. The highest BCUT2D eigenvalue weighted by molar-refractivity contribution is 6.30. The van der Waals surface area contributed by atoms with Crippen LogP contribution >= 0.6 is 11.6 Å². The van der Waals surface area contributed by atoms with Gasteiger partial charge in [0.1, 0.15) is 0 Å². The molecule has 7 nitrogen and oxygen atoms in total. The molecule has 24 heavy (non-hydrogen) atoms. The summed E-state index contributed by atoms with van der Waals surface area (Å²) < 4.78 is 0. The molecule has 1 atom stereocenters. The van der Waals surface area contributed by atoms with Crippen LogP contribution < -0.4 is 21.7 Å². The molecule has 0 saturated heterocycles. The first kappa shape index (κ1) is 14.5. The number of anilines is 2. The van der Waals surface area contributed by atoms with Gasteiger partial charge in [0.15, 0.2) is 5.96 Å². The fourth-order valence-corrected chi connectivity index (χ4v) is 2.84. The summed E-state index contributed by atoms with van der Waals surface area (Å²) >= 11 is 5.89. The van der Waals surface area contributed by atoms with Gasteiger partial charge in [-0.3, -0.25) is 10.1 Å². The van der Waals surface area contributed by atoms with E-state index in [1.165, 1.54) is 0 Å². The van der Waals surface area contributed by atoms with Crippen LogP contribution in [0, 0.1) is 0 Å². The highest BCUT2D eigenvalue weighted by Gasteiger charge is 2.49. The third-order valence-corrected chi connectivity index (χ3v) is 4.03. The number of fused-ring (bicyclic) bond motifs is 2. The number of nitrogens with zero attached hydrogens (tertiary/aromatic N) is 2. The molecule has 0 saturated carbocycles. The van der Waals surface area contributed by atoms with Gasteiger partial charge in [0.05, 0.1) is 0 Å². The number of hydrogen-bond acceptors (Lipinski definition) is 6. The lowest BCUT2D eigenvalue weighted by atomic mass is 10.0.